The van der Waals surface area contributed by atoms with E-state index in [-0.39, 0.29) is 11.9 Å². The molecule has 5 nitrogen and oxygen atoms in total. The van der Waals surface area contributed by atoms with Crippen molar-refractivity contribution in [3.63, 3.8) is 0 Å². The Morgan fingerprint density at radius 1 is 1.45 bits per heavy atom. The number of rotatable bonds is 3. The topological polar surface area (TPSA) is 60.2 Å². The quantitative estimate of drug-likeness (QED) is 0.839. The first-order chi connectivity index (χ1) is 9.52. The van der Waals surface area contributed by atoms with Crippen LogP contribution in [0, 0.1) is 17.2 Å². The predicted octanol–water partition coefficient (Wildman–Crippen LogP) is 1.65. The highest BCUT2D eigenvalue weighted by molar-refractivity contribution is 5.86. The van der Waals surface area contributed by atoms with E-state index in [0.717, 1.165) is 25.3 Å². The number of hydrogen-bond donors (Lipinski definition) is 0. The number of nitriles is 1. The number of carbonyl (C=O) groups is 1. The molecular weight excluding hydrogens is 252 g/mol. The van der Waals surface area contributed by atoms with Crippen molar-refractivity contribution in [3.05, 3.63) is 24.0 Å². The Kier molecular flexibility index (Phi) is 4.23. The van der Waals surface area contributed by atoms with Crippen molar-refractivity contribution in [1.29, 1.82) is 5.26 Å². The minimum atomic E-state index is -0.183. The van der Waals surface area contributed by atoms with Gasteiger partial charge in [-0.2, -0.15) is 5.26 Å². The summed E-state index contributed by atoms with van der Waals surface area (Å²) < 4.78 is 0. The molecule has 106 valence electrons. The Morgan fingerprint density at radius 3 is 2.75 bits per heavy atom. The second-order valence-corrected chi connectivity index (χ2v) is 5.56. The molecule has 1 aromatic heterocycles. The molecule has 1 aliphatic heterocycles. The van der Waals surface area contributed by atoms with Crippen LogP contribution in [0.3, 0.4) is 0 Å². The second kappa shape index (κ2) is 5.91. The van der Waals surface area contributed by atoms with E-state index in [4.69, 9.17) is 5.26 Å². The summed E-state index contributed by atoms with van der Waals surface area (Å²) in [5.41, 5.74) is 1.29. The number of aromatic nitrogens is 1. The molecule has 1 aromatic rings. The fourth-order valence-electron chi connectivity index (χ4n) is 2.53. The van der Waals surface area contributed by atoms with Gasteiger partial charge in [0.2, 0.25) is 5.91 Å². The van der Waals surface area contributed by atoms with Gasteiger partial charge in [0.05, 0.1) is 11.9 Å². The van der Waals surface area contributed by atoms with Crippen LogP contribution < -0.4 is 4.90 Å². The molecule has 0 radical (unpaired) electrons. The van der Waals surface area contributed by atoms with Crippen LogP contribution in [0.1, 0.15) is 26.5 Å². The van der Waals surface area contributed by atoms with Gasteiger partial charge < -0.3 is 9.80 Å². The van der Waals surface area contributed by atoms with E-state index in [2.05, 4.69) is 18.8 Å². The fraction of sp³-hybridized carbons (Fsp3) is 0.533. The zero-order valence-corrected chi connectivity index (χ0v) is 12.2. The van der Waals surface area contributed by atoms with Crippen LogP contribution in [0.25, 0.3) is 0 Å². The standard InChI is InChI=1S/C15H20N4O/c1-11(2)10-18-6-7-19(12(3)15(18)20)14-5-4-13(8-16)17-9-14/h4-5,9,11-12H,6-7,10H2,1-3H3. The first kappa shape index (κ1) is 14.3. The minimum absolute atomic E-state index is 0.161. The Bertz CT molecular complexity index is 518. The van der Waals surface area contributed by atoms with E-state index in [9.17, 15) is 4.79 Å². The third-order valence-electron chi connectivity index (χ3n) is 3.53. The van der Waals surface area contributed by atoms with Gasteiger partial charge in [-0.05, 0) is 25.0 Å². The van der Waals surface area contributed by atoms with Gasteiger partial charge in [-0.3, -0.25) is 4.79 Å². The number of hydrogen-bond acceptors (Lipinski definition) is 4. The zero-order chi connectivity index (χ0) is 14.7. The van der Waals surface area contributed by atoms with Crippen molar-refractivity contribution >= 4 is 11.6 Å². The van der Waals surface area contributed by atoms with Crippen molar-refractivity contribution in [2.45, 2.75) is 26.8 Å². The average molecular weight is 272 g/mol. The summed E-state index contributed by atoms with van der Waals surface area (Å²) in [7, 11) is 0. The molecule has 0 aromatic carbocycles. The molecule has 2 heterocycles. The molecule has 1 aliphatic rings. The minimum Gasteiger partial charge on any atom is -0.357 e. The van der Waals surface area contributed by atoms with Crippen LogP contribution >= 0.6 is 0 Å². The second-order valence-electron chi connectivity index (χ2n) is 5.56. The Labute approximate surface area is 119 Å². The number of nitrogens with zero attached hydrogens (tertiary/aromatic N) is 4. The fourth-order valence-corrected chi connectivity index (χ4v) is 2.53. The monoisotopic (exact) mass is 272 g/mol. The third kappa shape index (κ3) is 2.90. The summed E-state index contributed by atoms with van der Waals surface area (Å²) >= 11 is 0. The zero-order valence-electron chi connectivity index (χ0n) is 12.2. The van der Waals surface area contributed by atoms with E-state index < -0.39 is 0 Å². The van der Waals surface area contributed by atoms with Crippen LogP contribution in [-0.4, -0.2) is 41.5 Å². The number of amides is 1. The summed E-state index contributed by atoms with van der Waals surface area (Å²) in [4.78, 5) is 20.4. The van der Waals surface area contributed by atoms with Gasteiger partial charge in [-0.1, -0.05) is 13.8 Å². The summed E-state index contributed by atoms with van der Waals surface area (Å²) in [5.74, 6) is 0.642. The molecule has 0 saturated carbocycles. The van der Waals surface area contributed by atoms with Crippen LogP contribution in [-0.2, 0) is 4.79 Å². The lowest BCUT2D eigenvalue weighted by Gasteiger charge is -2.40. The number of piperazine rings is 1. The van der Waals surface area contributed by atoms with Gasteiger partial charge in [-0.15, -0.1) is 0 Å². The molecule has 1 fully saturated rings. The van der Waals surface area contributed by atoms with Crippen molar-refractivity contribution in [2.24, 2.45) is 5.92 Å². The van der Waals surface area contributed by atoms with Gasteiger partial charge in [0, 0.05) is 19.6 Å². The van der Waals surface area contributed by atoms with Gasteiger partial charge in [-0.25, -0.2) is 4.98 Å². The SMILES string of the molecule is CC(C)CN1CCN(c2ccc(C#N)nc2)C(C)C1=O. The van der Waals surface area contributed by atoms with Gasteiger partial charge in [0.1, 0.15) is 17.8 Å². The smallest absolute Gasteiger partial charge is 0.245 e. The Hall–Kier alpha value is -2.09. The first-order valence-electron chi connectivity index (χ1n) is 6.94. The summed E-state index contributed by atoms with van der Waals surface area (Å²) in [6, 6.07) is 5.36. The van der Waals surface area contributed by atoms with Crippen molar-refractivity contribution in [2.75, 3.05) is 24.5 Å². The normalized spacial score (nSPS) is 19.4. The highest BCUT2D eigenvalue weighted by Gasteiger charge is 2.31. The van der Waals surface area contributed by atoms with Gasteiger partial charge >= 0.3 is 0 Å². The van der Waals surface area contributed by atoms with Crippen molar-refractivity contribution < 1.29 is 4.79 Å². The van der Waals surface area contributed by atoms with E-state index in [1.807, 2.05) is 28.9 Å². The van der Waals surface area contributed by atoms with Crippen LogP contribution in [0.15, 0.2) is 18.3 Å². The molecule has 5 heteroatoms. The summed E-state index contributed by atoms with van der Waals surface area (Å²) in [6.45, 7) is 8.51. The largest absolute Gasteiger partial charge is 0.357 e. The molecule has 1 unspecified atom stereocenters. The van der Waals surface area contributed by atoms with Crippen molar-refractivity contribution in [1.82, 2.24) is 9.88 Å². The molecule has 1 saturated heterocycles. The van der Waals surface area contributed by atoms with Crippen molar-refractivity contribution in [3.8, 4) is 6.07 Å². The number of carbonyl (C=O) groups excluding carboxylic acids is 1. The molecule has 20 heavy (non-hydrogen) atoms. The maximum atomic E-state index is 12.4. The molecule has 0 spiro atoms. The number of pyridine rings is 1. The third-order valence-corrected chi connectivity index (χ3v) is 3.53. The van der Waals surface area contributed by atoms with Crippen LogP contribution in [0.4, 0.5) is 5.69 Å². The lowest BCUT2D eigenvalue weighted by molar-refractivity contribution is -0.134. The Morgan fingerprint density at radius 2 is 2.20 bits per heavy atom. The first-order valence-corrected chi connectivity index (χ1v) is 6.94. The van der Waals surface area contributed by atoms with Crippen LogP contribution in [0.5, 0.6) is 0 Å². The van der Waals surface area contributed by atoms with E-state index in [1.54, 1.807) is 12.3 Å². The molecular formula is C15H20N4O. The molecule has 2 rings (SSSR count). The molecule has 0 bridgehead atoms. The van der Waals surface area contributed by atoms with E-state index >= 15 is 0 Å². The lowest BCUT2D eigenvalue weighted by atomic mass is 10.1. The molecule has 1 atom stereocenters. The van der Waals surface area contributed by atoms with Crippen LogP contribution in [0.2, 0.25) is 0 Å². The molecule has 0 N–H and O–H groups in total. The number of anilines is 1. The highest BCUT2D eigenvalue weighted by atomic mass is 16.2. The summed E-state index contributed by atoms with van der Waals surface area (Å²) in [5, 5.41) is 8.76. The molecule has 0 aliphatic carbocycles. The van der Waals surface area contributed by atoms with E-state index in [0.29, 0.717) is 11.6 Å². The highest BCUT2D eigenvalue weighted by Crippen LogP contribution is 2.21. The predicted molar refractivity (Wildman–Crippen MR) is 77.2 cm³/mol. The van der Waals surface area contributed by atoms with Gasteiger partial charge in [0.25, 0.3) is 0 Å². The molecule has 1 amide bonds. The lowest BCUT2D eigenvalue weighted by Crippen LogP contribution is -2.56. The average Bonchev–Trinajstić information content (AvgIpc) is 2.44. The maximum absolute atomic E-state index is 12.4. The van der Waals surface area contributed by atoms with E-state index in [1.165, 1.54) is 0 Å². The summed E-state index contributed by atoms with van der Waals surface area (Å²) in [6.07, 6.45) is 1.67. The maximum Gasteiger partial charge on any atom is 0.245 e. The Balaban J connectivity index is 2.11. The van der Waals surface area contributed by atoms with Gasteiger partial charge in [0.15, 0.2) is 0 Å².